The number of benzene rings is 1. The Balaban J connectivity index is 0.00000225. The lowest BCUT2D eigenvalue weighted by Gasteiger charge is -1.97. The normalized spacial score (nSPS) is 10.5. The van der Waals surface area contributed by atoms with Crippen LogP contribution in [0.15, 0.2) is 46.8 Å². The van der Waals surface area contributed by atoms with Gasteiger partial charge in [0.05, 0.1) is 13.6 Å². The molecule has 0 spiro atoms. The second kappa shape index (κ2) is 7.68. The average Bonchev–Trinajstić information content (AvgIpc) is 3.15. The number of anilines is 1. The third-order valence-corrected chi connectivity index (χ3v) is 4.50. The minimum absolute atomic E-state index is 0. The number of azo groups is 1. The number of thiazole rings is 1. The first-order valence-electron chi connectivity index (χ1n) is 7.23. The molecule has 0 bridgehead atoms. The molecule has 1 N–H and O–H groups in total. The van der Waals surface area contributed by atoms with Crippen molar-refractivity contribution in [1.29, 1.82) is 0 Å². The highest BCUT2D eigenvalue weighted by Gasteiger charge is 2.18. The van der Waals surface area contributed by atoms with Gasteiger partial charge in [0.15, 0.2) is 17.2 Å². The zero-order chi connectivity index (χ0) is 17.1. The number of hydrogen-bond donors (Lipinski definition) is 1. The van der Waals surface area contributed by atoms with Crippen molar-refractivity contribution < 1.29 is 4.68 Å². The number of nitrogens with one attached hydrogen (secondary N) is 1. The minimum atomic E-state index is 0. The van der Waals surface area contributed by atoms with Crippen molar-refractivity contribution in [3.8, 4) is 11.3 Å². The lowest BCUT2D eigenvalue weighted by atomic mass is 10.2. The van der Waals surface area contributed by atoms with E-state index in [9.17, 15) is 0 Å². The standard InChI is InChI=1S/C16H15N7S.CH4/c1-17-12-10-22(3)23(4)14(12)20-21-15-13(19-16(18-2)24-15)11-8-6-5-7-9-11;/h5-10H,2-4H3;1H4/p+1. The highest BCUT2D eigenvalue weighted by atomic mass is 32.1. The number of rotatable bonds is 4. The van der Waals surface area contributed by atoms with E-state index in [4.69, 9.17) is 6.57 Å². The van der Waals surface area contributed by atoms with Crippen LogP contribution in [0.1, 0.15) is 7.43 Å². The molecule has 2 heterocycles. The zero-order valence-corrected chi connectivity index (χ0v) is 14.4. The van der Waals surface area contributed by atoms with Gasteiger partial charge in [0.2, 0.25) is 12.0 Å². The molecule has 2 aromatic heterocycles. The van der Waals surface area contributed by atoms with Gasteiger partial charge in [-0.15, -0.1) is 19.6 Å². The SMILES string of the molecule is C.[C-]#[N+]c1c[n+](C)n(C)c1N=Nc1sc(NC)nc1-c1ccccc1. The molecule has 8 heteroatoms. The van der Waals surface area contributed by atoms with Crippen molar-refractivity contribution in [3.63, 3.8) is 0 Å². The number of aryl methyl sites for hydroxylation is 1. The minimum Gasteiger partial charge on any atom is -0.365 e. The molecule has 128 valence electrons. The third kappa shape index (κ3) is 3.56. The average molecular weight is 354 g/mol. The van der Waals surface area contributed by atoms with E-state index in [1.807, 2.05) is 51.5 Å². The molecule has 0 aliphatic heterocycles. The maximum Gasteiger partial charge on any atom is 0.300 e. The van der Waals surface area contributed by atoms with E-state index < -0.39 is 0 Å². The first-order chi connectivity index (χ1) is 11.6. The Labute approximate surface area is 151 Å². The molecule has 0 aliphatic rings. The van der Waals surface area contributed by atoms with Gasteiger partial charge in [0, 0.05) is 12.6 Å². The monoisotopic (exact) mass is 354 g/mol. The lowest BCUT2D eigenvalue weighted by Crippen LogP contribution is -2.35. The van der Waals surface area contributed by atoms with Crippen LogP contribution in [0.2, 0.25) is 0 Å². The highest BCUT2D eigenvalue weighted by Crippen LogP contribution is 2.39. The van der Waals surface area contributed by atoms with Crippen molar-refractivity contribution in [2.75, 3.05) is 12.4 Å². The molecule has 0 aliphatic carbocycles. The lowest BCUT2D eigenvalue weighted by molar-refractivity contribution is -0.749. The highest BCUT2D eigenvalue weighted by molar-refractivity contribution is 7.19. The van der Waals surface area contributed by atoms with Gasteiger partial charge in [-0.2, -0.15) is 0 Å². The van der Waals surface area contributed by atoms with Gasteiger partial charge in [-0.25, -0.2) is 9.83 Å². The van der Waals surface area contributed by atoms with Crippen LogP contribution in [-0.2, 0) is 14.1 Å². The van der Waals surface area contributed by atoms with Gasteiger partial charge in [-0.05, 0) is 0 Å². The predicted octanol–water partition coefficient (Wildman–Crippen LogP) is 4.62. The van der Waals surface area contributed by atoms with Gasteiger partial charge < -0.3 is 5.32 Å². The maximum atomic E-state index is 7.27. The van der Waals surface area contributed by atoms with Crippen molar-refractivity contribution in [1.82, 2.24) is 9.67 Å². The summed E-state index contributed by atoms with van der Waals surface area (Å²) in [5.41, 5.74) is 2.21. The fourth-order valence-electron chi connectivity index (χ4n) is 2.19. The van der Waals surface area contributed by atoms with Crippen LogP contribution in [0.3, 0.4) is 0 Å². The topological polar surface area (TPSA) is 62.8 Å². The Morgan fingerprint density at radius 1 is 1.28 bits per heavy atom. The van der Waals surface area contributed by atoms with Crippen LogP contribution in [0.25, 0.3) is 16.1 Å². The van der Waals surface area contributed by atoms with Gasteiger partial charge in [-0.3, -0.25) is 0 Å². The fraction of sp³-hybridized carbons (Fsp3) is 0.235. The number of nitrogens with zero attached hydrogens (tertiary/aromatic N) is 6. The Morgan fingerprint density at radius 3 is 2.64 bits per heavy atom. The van der Waals surface area contributed by atoms with Crippen LogP contribution >= 0.6 is 11.3 Å². The predicted molar refractivity (Wildman–Crippen MR) is 101 cm³/mol. The van der Waals surface area contributed by atoms with Gasteiger partial charge in [0.1, 0.15) is 5.69 Å². The summed E-state index contributed by atoms with van der Waals surface area (Å²) >= 11 is 1.42. The summed E-state index contributed by atoms with van der Waals surface area (Å²) in [6.45, 7) is 7.27. The molecular formula is C17H20N7S+. The summed E-state index contributed by atoms with van der Waals surface area (Å²) in [5.74, 6) is 0.519. The second-order valence-electron chi connectivity index (χ2n) is 5.04. The molecule has 3 rings (SSSR count). The van der Waals surface area contributed by atoms with Crippen LogP contribution < -0.4 is 10.00 Å². The fourth-order valence-corrected chi connectivity index (χ4v) is 2.96. The van der Waals surface area contributed by atoms with Crippen LogP contribution in [-0.4, -0.2) is 16.7 Å². The molecule has 0 atom stereocenters. The first kappa shape index (κ1) is 18.3. The van der Waals surface area contributed by atoms with Crippen LogP contribution in [0.5, 0.6) is 0 Å². The zero-order valence-electron chi connectivity index (χ0n) is 13.6. The van der Waals surface area contributed by atoms with E-state index in [0.717, 1.165) is 16.4 Å². The Morgan fingerprint density at radius 2 is 2.00 bits per heavy atom. The molecule has 0 saturated heterocycles. The molecule has 25 heavy (non-hydrogen) atoms. The molecule has 0 radical (unpaired) electrons. The van der Waals surface area contributed by atoms with Crippen LogP contribution in [0.4, 0.5) is 21.6 Å². The van der Waals surface area contributed by atoms with Crippen molar-refractivity contribution in [2.45, 2.75) is 7.43 Å². The van der Waals surface area contributed by atoms with Gasteiger partial charge >= 0.3 is 0 Å². The second-order valence-corrected chi connectivity index (χ2v) is 6.01. The Kier molecular flexibility index (Phi) is 5.62. The number of aromatic nitrogens is 3. The largest absolute Gasteiger partial charge is 0.365 e. The molecular weight excluding hydrogens is 334 g/mol. The Hall–Kier alpha value is -3.05. The summed E-state index contributed by atoms with van der Waals surface area (Å²) in [6, 6.07) is 9.86. The van der Waals surface area contributed by atoms with E-state index in [0.29, 0.717) is 16.5 Å². The van der Waals surface area contributed by atoms with E-state index in [2.05, 4.69) is 25.4 Å². The quantitative estimate of drug-likeness (QED) is 0.422. The number of hydrogen-bond acceptors (Lipinski definition) is 5. The van der Waals surface area contributed by atoms with Crippen molar-refractivity contribution in [3.05, 3.63) is 47.9 Å². The molecule has 0 fully saturated rings. The summed E-state index contributed by atoms with van der Waals surface area (Å²) in [6.07, 6.45) is 1.73. The van der Waals surface area contributed by atoms with Crippen molar-refractivity contribution in [2.24, 2.45) is 24.3 Å². The third-order valence-electron chi connectivity index (χ3n) is 3.54. The summed E-state index contributed by atoms with van der Waals surface area (Å²) in [4.78, 5) is 8.06. The van der Waals surface area contributed by atoms with E-state index in [-0.39, 0.29) is 7.43 Å². The van der Waals surface area contributed by atoms with Gasteiger partial charge in [-0.1, -0.05) is 49.1 Å². The molecule has 3 aromatic rings. The summed E-state index contributed by atoms with van der Waals surface area (Å²) < 4.78 is 3.57. The van der Waals surface area contributed by atoms with Crippen LogP contribution in [0, 0.1) is 6.57 Å². The Bertz CT molecular complexity index is 932. The maximum absolute atomic E-state index is 7.27. The molecule has 7 nitrogen and oxygen atoms in total. The molecule has 0 amide bonds. The van der Waals surface area contributed by atoms with E-state index in [1.165, 1.54) is 11.3 Å². The van der Waals surface area contributed by atoms with Gasteiger partial charge in [0.25, 0.3) is 5.69 Å². The van der Waals surface area contributed by atoms with E-state index >= 15 is 0 Å². The molecule has 1 aromatic carbocycles. The first-order valence-corrected chi connectivity index (χ1v) is 8.04. The molecule has 0 saturated carbocycles. The van der Waals surface area contributed by atoms with E-state index in [1.54, 1.807) is 15.6 Å². The summed E-state index contributed by atoms with van der Waals surface area (Å²) in [5, 5.41) is 13.2. The molecule has 0 unspecified atom stereocenters. The van der Waals surface area contributed by atoms with Crippen molar-refractivity contribution >= 4 is 33.0 Å². The summed E-state index contributed by atoms with van der Waals surface area (Å²) in [7, 11) is 5.52. The smallest absolute Gasteiger partial charge is 0.300 e.